The van der Waals surface area contributed by atoms with Crippen LogP contribution in [0.4, 0.5) is 0 Å². The number of aromatic amines is 1. The van der Waals surface area contributed by atoms with Crippen LogP contribution < -0.4 is 0 Å². The standard InChI is InChI=1S/C18H18BrNO4/c1-4-10-8-18(16(21)23-2,17(22)24-3)9-13-12-7-11(19)5-6-14(12)20-15(10)13/h4-7,10,20H,1,8-9H2,2-3H3/t10-/m0/s1. The molecule has 1 aromatic carbocycles. The molecule has 3 rings (SSSR count). The van der Waals surface area contributed by atoms with Gasteiger partial charge in [-0.15, -0.1) is 6.58 Å². The Balaban J connectivity index is 2.25. The van der Waals surface area contributed by atoms with E-state index in [1.807, 2.05) is 18.2 Å². The molecule has 1 aliphatic rings. The van der Waals surface area contributed by atoms with Crippen molar-refractivity contribution in [3.05, 3.63) is 46.6 Å². The second-order valence-corrected chi connectivity index (χ2v) is 6.91. The largest absolute Gasteiger partial charge is 0.468 e. The van der Waals surface area contributed by atoms with Crippen molar-refractivity contribution < 1.29 is 19.1 Å². The van der Waals surface area contributed by atoms with Crippen molar-refractivity contribution in [3.8, 4) is 0 Å². The number of hydrogen-bond acceptors (Lipinski definition) is 4. The lowest BCUT2D eigenvalue weighted by atomic mass is 9.68. The van der Waals surface area contributed by atoms with E-state index in [2.05, 4.69) is 27.5 Å². The molecule has 2 aromatic rings. The van der Waals surface area contributed by atoms with Crippen molar-refractivity contribution in [3.63, 3.8) is 0 Å². The van der Waals surface area contributed by atoms with E-state index in [-0.39, 0.29) is 18.8 Å². The summed E-state index contributed by atoms with van der Waals surface area (Å²) in [7, 11) is 2.58. The highest BCUT2D eigenvalue weighted by atomic mass is 79.9. The maximum Gasteiger partial charge on any atom is 0.323 e. The zero-order valence-electron chi connectivity index (χ0n) is 13.5. The SMILES string of the molecule is C=C[C@H]1CC(C(=O)OC)(C(=O)OC)Cc2c1[nH]c1ccc(Br)cc21. The molecule has 0 bridgehead atoms. The number of nitrogens with one attached hydrogen (secondary N) is 1. The average Bonchev–Trinajstić information content (AvgIpc) is 2.96. The van der Waals surface area contributed by atoms with E-state index in [1.165, 1.54) is 14.2 Å². The van der Waals surface area contributed by atoms with E-state index in [1.54, 1.807) is 6.08 Å². The third-order valence-corrected chi connectivity index (χ3v) is 5.25. The maximum atomic E-state index is 12.5. The number of halogens is 1. The van der Waals surface area contributed by atoms with Gasteiger partial charge >= 0.3 is 11.9 Å². The minimum Gasteiger partial charge on any atom is -0.468 e. The fraction of sp³-hybridized carbons (Fsp3) is 0.333. The summed E-state index contributed by atoms with van der Waals surface area (Å²) in [6.45, 7) is 3.87. The minimum absolute atomic E-state index is 0.168. The van der Waals surface area contributed by atoms with Crippen LogP contribution in [0.15, 0.2) is 35.3 Å². The quantitative estimate of drug-likeness (QED) is 0.494. The molecule has 0 aliphatic heterocycles. The molecular weight excluding hydrogens is 374 g/mol. The van der Waals surface area contributed by atoms with Gasteiger partial charge in [0, 0.05) is 33.4 Å². The van der Waals surface area contributed by atoms with Crippen LogP contribution in [0.3, 0.4) is 0 Å². The van der Waals surface area contributed by atoms with Crippen molar-refractivity contribution >= 4 is 38.8 Å². The second kappa shape index (κ2) is 6.09. The number of benzene rings is 1. The highest BCUT2D eigenvalue weighted by Gasteiger charge is 2.53. The van der Waals surface area contributed by atoms with Crippen LogP contribution in [0.5, 0.6) is 0 Å². The molecule has 1 N–H and O–H groups in total. The average molecular weight is 392 g/mol. The number of ether oxygens (including phenoxy) is 2. The number of esters is 2. The van der Waals surface area contributed by atoms with Gasteiger partial charge in [-0.25, -0.2) is 0 Å². The molecule has 0 amide bonds. The number of hydrogen-bond donors (Lipinski definition) is 1. The molecule has 0 fully saturated rings. The van der Waals surface area contributed by atoms with E-state index in [9.17, 15) is 9.59 Å². The number of fused-ring (bicyclic) bond motifs is 3. The van der Waals surface area contributed by atoms with E-state index >= 15 is 0 Å². The Labute approximate surface area is 148 Å². The molecule has 0 spiro atoms. The predicted octanol–water partition coefficient (Wildman–Crippen LogP) is 3.48. The lowest BCUT2D eigenvalue weighted by molar-refractivity contribution is -0.170. The first-order chi connectivity index (χ1) is 11.5. The maximum absolute atomic E-state index is 12.5. The molecule has 0 unspecified atom stereocenters. The smallest absolute Gasteiger partial charge is 0.323 e. The molecule has 0 saturated carbocycles. The molecule has 126 valence electrons. The van der Waals surface area contributed by atoms with Gasteiger partial charge in [0.05, 0.1) is 14.2 Å². The van der Waals surface area contributed by atoms with Gasteiger partial charge in [0.2, 0.25) is 0 Å². The number of aromatic nitrogens is 1. The first-order valence-corrected chi connectivity index (χ1v) is 8.35. The van der Waals surface area contributed by atoms with Gasteiger partial charge in [-0.05, 0) is 30.2 Å². The fourth-order valence-corrected chi connectivity index (χ4v) is 3.95. The Morgan fingerprint density at radius 1 is 1.33 bits per heavy atom. The fourth-order valence-electron chi connectivity index (χ4n) is 3.59. The summed E-state index contributed by atoms with van der Waals surface area (Å²) in [5.41, 5.74) is 1.52. The second-order valence-electron chi connectivity index (χ2n) is 6.00. The van der Waals surface area contributed by atoms with Crippen LogP contribution in [-0.4, -0.2) is 31.1 Å². The lowest BCUT2D eigenvalue weighted by Gasteiger charge is -2.35. The highest BCUT2D eigenvalue weighted by Crippen LogP contribution is 2.47. The van der Waals surface area contributed by atoms with Gasteiger partial charge < -0.3 is 14.5 Å². The predicted molar refractivity (Wildman–Crippen MR) is 93.7 cm³/mol. The van der Waals surface area contributed by atoms with Crippen LogP contribution in [0, 0.1) is 5.41 Å². The summed E-state index contributed by atoms with van der Waals surface area (Å²) < 4.78 is 10.8. The van der Waals surface area contributed by atoms with Gasteiger partial charge in [-0.3, -0.25) is 9.59 Å². The topological polar surface area (TPSA) is 68.4 Å². The Morgan fingerprint density at radius 2 is 2.00 bits per heavy atom. The highest BCUT2D eigenvalue weighted by molar-refractivity contribution is 9.10. The molecule has 5 nitrogen and oxygen atoms in total. The zero-order chi connectivity index (χ0) is 17.5. The lowest BCUT2D eigenvalue weighted by Crippen LogP contribution is -2.46. The number of H-pyrrole nitrogens is 1. The van der Waals surface area contributed by atoms with Gasteiger partial charge in [-0.1, -0.05) is 22.0 Å². The Hall–Kier alpha value is -2.08. The van der Waals surface area contributed by atoms with Crippen molar-refractivity contribution in [1.29, 1.82) is 0 Å². The Bertz CT molecular complexity index is 823. The third kappa shape index (κ3) is 2.36. The summed E-state index contributed by atoms with van der Waals surface area (Å²) in [5.74, 6) is -1.31. The zero-order valence-corrected chi connectivity index (χ0v) is 15.1. The summed E-state index contributed by atoms with van der Waals surface area (Å²) in [5, 5.41) is 0.975. The molecule has 0 saturated heterocycles. The molecule has 24 heavy (non-hydrogen) atoms. The van der Waals surface area contributed by atoms with Crippen LogP contribution in [0.2, 0.25) is 0 Å². The summed E-state index contributed by atoms with van der Waals surface area (Å²) in [4.78, 5) is 28.4. The Kier molecular flexibility index (Phi) is 4.25. The van der Waals surface area contributed by atoms with E-state index in [0.717, 1.165) is 26.6 Å². The molecule has 1 heterocycles. The normalized spacial score (nSPS) is 18.7. The van der Waals surface area contributed by atoms with Crippen LogP contribution in [0.25, 0.3) is 10.9 Å². The molecular formula is C18H18BrNO4. The van der Waals surface area contributed by atoms with Crippen LogP contribution in [-0.2, 0) is 25.5 Å². The monoisotopic (exact) mass is 391 g/mol. The van der Waals surface area contributed by atoms with Crippen molar-refractivity contribution in [2.45, 2.75) is 18.8 Å². The van der Waals surface area contributed by atoms with E-state index < -0.39 is 17.4 Å². The molecule has 1 aromatic heterocycles. The van der Waals surface area contributed by atoms with E-state index in [0.29, 0.717) is 0 Å². The number of rotatable bonds is 3. The van der Waals surface area contributed by atoms with Crippen LogP contribution >= 0.6 is 15.9 Å². The molecule has 1 aliphatic carbocycles. The summed E-state index contributed by atoms with van der Waals surface area (Å²) in [6.07, 6.45) is 2.27. The van der Waals surface area contributed by atoms with Crippen molar-refractivity contribution in [2.75, 3.05) is 14.2 Å². The number of methoxy groups -OCH3 is 2. The molecule has 6 heteroatoms. The first-order valence-electron chi connectivity index (χ1n) is 7.56. The number of carbonyl (C=O) groups excluding carboxylic acids is 2. The van der Waals surface area contributed by atoms with Gasteiger partial charge in [0.1, 0.15) is 0 Å². The van der Waals surface area contributed by atoms with Gasteiger partial charge in [0.25, 0.3) is 0 Å². The number of allylic oxidation sites excluding steroid dienone is 1. The molecule has 1 atom stereocenters. The third-order valence-electron chi connectivity index (χ3n) is 4.76. The Morgan fingerprint density at radius 3 is 2.58 bits per heavy atom. The first kappa shape index (κ1) is 16.8. The van der Waals surface area contributed by atoms with Crippen molar-refractivity contribution in [1.82, 2.24) is 4.98 Å². The number of carbonyl (C=O) groups is 2. The van der Waals surface area contributed by atoms with E-state index in [4.69, 9.17) is 9.47 Å². The molecule has 0 radical (unpaired) electrons. The van der Waals surface area contributed by atoms with Crippen molar-refractivity contribution in [2.24, 2.45) is 5.41 Å². The summed E-state index contributed by atoms with van der Waals surface area (Å²) in [6, 6.07) is 5.90. The summed E-state index contributed by atoms with van der Waals surface area (Å²) >= 11 is 3.47. The van der Waals surface area contributed by atoms with Gasteiger partial charge in [-0.2, -0.15) is 0 Å². The van der Waals surface area contributed by atoms with Crippen LogP contribution in [0.1, 0.15) is 23.6 Å². The minimum atomic E-state index is -1.35. The van der Waals surface area contributed by atoms with Gasteiger partial charge in [0.15, 0.2) is 5.41 Å².